The third kappa shape index (κ3) is 6.03. The molecule has 1 nitrogen and oxygen atoms in total. The molecule has 0 spiro atoms. The summed E-state index contributed by atoms with van der Waals surface area (Å²) in [7, 11) is 0. The predicted octanol–water partition coefficient (Wildman–Crippen LogP) is 16.5. The summed E-state index contributed by atoms with van der Waals surface area (Å²) >= 11 is 1.70. The molecule has 0 unspecified atom stereocenters. The molecular formula is C56H37NS. The topological polar surface area (TPSA) is 3.24 Å². The van der Waals surface area contributed by atoms with Gasteiger partial charge in [-0.25, -0.2) is 0 Å². The third-order valence-electron chi connectivity index (χ3n) is 10.8. The second-order valence-corrected chi connectivity index (χ2v) is 15.3. The van der Waals surface area contributed by atoms with Gasteiger partial charge < -0.3 is 4.90 Å². The second-order valence-electron chi connectivity index (χ2n) is 14.2. The van der Waals surface area contributed by atoms with Crippen molar-refractivity contribution in [3.8, 4) is 44.5 Å². The van der Waals surface area contributed by atoms with Crippen LogP contribution < -0.4 is 4.90 Å². The van der Waals surface area contributed by atoms with Crippen LogP contribution in [-0.4, -0.2) is 0 Å². The van der Waals surface area contributed by atoms with Crippen molar-refractivity contribution in [1.29, 1.82) is 0 Å². The Morgan fingerprint density at radius 3 is 1.52 bits per heavy atom. The fraction of sp³-hybridized carbons (Fsp3) is 0. The van der Waals surface area contributed by atoms with E-state index in [1.165, 1.54) is 4.90 Å². The molecule has 58 heavy (non-hydrogen) atoms. The van der Waals surface area contributed by atoms with Gasteiger partial charge >= 0.3 is 0 Å². The number of fused-ring (bicyclic) bond motifs is 5. The zero-order valence-electron chi connectivity index (χ0n) is 39.1. The average Bonchev–Trinajstić information content (AvgIpc) is 3.74. The van der Waals surface area contributed by atoms with E-state index in [1.807, 2.05) is 121 Å². The zero-order chi connectivity index (χ0) is 45.4. The van der Waals surface area contributed by atoms with E-state index in [2.05, 4.69) is 42.5 Å². The molecule has 0 bridgehead atoms. The number of thiophene rings is 1. The summed E-state index contributed by atoms with van der Waals surface area (Å²) in [5.74, 6) is 0. The Hall–Kier alpha value is -7.26. The number of benzene rings is 10. The van der Waals surface area contributed by atoms with E-state index in [0.717, 1.165) is 64.0 Å². The molecule has 0 radical (unpaired) electrons. The van der Waals surface area contributed by atoms with Gasteiger partial charge in [-0.15, -0.1) is 11.3 Å². The maximum atomic E-state index is 9.68. The molecule has 1 aromatic heterocycles. The molecule has 0 fully saturated rings. The maximum Gasteiger partial charge on any atom is 0.0645 e. The Kier molecular flexibility index (Phi) is 6.57. The van der Waals surface area contributed by atoms with Gasteiger partial charge in [-0.1, -0.05) is 176 Å². The molecular weight excluding hydrogens is 719 g/mol. The first-order chi connectivity index (χ1) is 32.1. The standard InChI is InChI=1S/C56H37NS/c1-3-17-48-40(11-1)13-8-20-50(48)42-27-25-38(26-28-42)39-29-33-45(34-30-39)57(46-35-31-43(32-36-46)51-21-9-14-41-12-2-4-18-49(41)51)47-16-7-15-44(37-47)52-22-10-24-55-56(52)53-19-5-6-23-54(53)58-55/h1-37H/i29D,30D,31D,32D,33D,34D,35D,36D. The quantitative estimate of drug-likeness (QED) is 0.156. The fourth-order valence-electron chi connectivity index (χ4n) is 8.05. The van der Waals surface area contributed by atoms with Crippen LogP contribution >= 0.6 is 11.3 Å². The highest BCUT2D eigenvalue weighted by Crippen LogP contribution is 2.43. The monoisotopic (exact) mass is 763 g/mol. The molecule has 0 aliphatic carbocycles. The van der Waals surface area contributed by atoms with Gasteiger partial charge in [0.15, 0.2) is 0 Å². The van der Waals surface area contributed by atoms with Gasteiger partial charge in [0.1, 0.15) is 0 Å². The fourth-order valence-corrected chi connectivity index (χ4v) is 9.18. The lowest BCUT2D eigenvalue weighted by Gasteiger charge is -2.26. The van der Waals surface area contributed by atoms with Gasteiger partial charge in [0.05, 0.1) is 11.0 Å². The SMILES string of the molecule is [2H]c1c([2H])c(N(c2cccc(-c3cccc4sc5ccccc5c34)c2)c2c([2H])c([2H])c(-c3cccc4ccccc34)c([2H])c2[2H])c([2H])c([2H])c1-c1ccc(-c2cccc3ccccc23)cc1. The maximum absolute atomic E-state index is 9.68. The van der Waals surface area contributed by atoms with Gasteiger partial charge in [0.25, 0.3) is 0 Å². The molecule has 2 heteroatoms. The molecule has 0 aliphatic rings. The molecule has 0 N–H and O–H groups in total. The molecule has 0 saturated heterocycles. The molecule has 11 rings (SSSR count). The smallest absolute Gasteiger partial charge is 0.0645 e. The van der Waals surface area contributed by atoms with Crippen molar-refractivity contribution in [2.24, 2.45) is 0 Å². The number of hydrogen-bond donors (Lipinski definition) is 0. The summed E-state index contributed by atoms with van der Waals surface area (Å²) in [5, 5.41) is 6.00. The second kappa shape index (κ2) is 14.4. The number of nitrogens with zero attached hydrogens (tertiary/aromatic N) is 1. The van der Waals surface area contributed by atoms with Gasteiger partial charge in [0, 0.05) is 37.2 Å². The lowest BCUT2D eigenvalue weighted by Crippen LogP contribution is -2.10. The minimum absolute atomic E-state index is 0.105. The van der Waals surface area contributed by atoms with E-state index < -0.39 is 12.1 Å². The summed E-state index contributed by atoms with van der Waals surface area (Å²) in [6, 6.07) is 53.9. The minimum Gasteiger partial charge on any atom is -0.310 e. The van der Waals surface area contributed by atoms with Crippen LogP contribution in [0, 0.1) is 0 Å². The molecule has 10 aromatic carbocycles. The molecule has 272 valence electrons. The Morgan fingerprint density at radius 1 is 0.328 bits per heavy atom. The van der Waals surface area contributed by atoms with Crippen molar-refractivity contribution in [2.75, 3.05) is 4.90 Å². The van der Waals surface area contributed by atoms with Crippen LogP contribution in [0.4, 0.5) is 17.1 Å². The van der Waals surface area contributed by atoms with Gasteiger partial charge in [-0.3, -0.25) is 0 Å². The average molecular weight is 764 g/mol. The van der Waals surface area contributed by atoms with E-state index in [1.54, 1.807) is 23.5 Å². The Morgan fingerprint density at radius 2 is 0.828 bits per heavy atom. The molecule has 0 amide bonds. The molecule has 0 atom stereocenters. The molecule has 11 aromatic rings. The van der Waals surface area contributed by atoms with Crippen LogP contribution in [0.2, 0.25) is 0 Å². The number of hydrogen-bond acceptors (Lipinski definition) is 2. The van der Waals surface area contributed by atoms with Crippen molar-refractivity contribution in [1.82, 2.24) is 0 Å². The summed E-state index contributed by atoms with van der Waals surface area (Å²) in [6.07, 6.45) is 0. The Labute approximate surface area is 353 Å². The molecule has 0 aliphatic heterocycles. The predicted molar refractivity (Wildman–Crippen MR) is 251 cm³/mol. The Balaban J connectivity index is 1.12. The highest BCUT2D eigenvalue weighted by Gasteiger charge is 2.17. The van der Waals surface area contributed by atoms with Crippen molar-refractivity contribution >= 4 is 70.1 Å². The molecule has 0 saturated carbocycles. The van der Waals surface area contributed by atoms with Crippen molar-refractivity contribution < 1.29 is 11.0 Å². The van der Waals surface area contributed by atoms with E-state index in [4.69, 9.17) is 0 Å². The highest BCUT2D eigenvalue weighted by molar-refractivity contribution is 7.25. The largest absolute Gasteiger partial charge is 0.310 e. The van der Waals surface area contributed by atoms with Crippen LogP contribution in [0.1, 0.15) is 11.0 Å². The van der Waals surface area contributed by atoms with E-state index >= 15 is 0 Å². The summed E-state index contributed by atoms with van der Waals surface area (Å²) in [4.78, 5) is 1.39. The lowest BCUT2D eigenvalue weighted by atomic mass is 9.96. The summed E-state index contributed by atoms with van der Waals surface area (Å²) in [6.45, 7) is 0. The van der Waals surface area contributed by atoms with Gasteiger partial charge in [0.2, 0.25) is 0 Å². The normalized spacial score (nSPS) is 13.4. The van der Waals surface area contributed by atoms with Crippen LogP contribution in [-0.2, 0) is 0 Å². The van der Waals surface area contributed by atoms with Crippen LogP contribution in [0.5, 0.6) is 0 Å². The van der Waals surface area contributed by atoms with Gasteiger partial charge in [-0.2, -0.15) is 0 Å². The molecule has 1 heterocycles. The first-order valence-corrected chi connectivity index (χ1v) is 20.0. The van der Waals surface area contributed by atoms with E-state index in [9.17, 15) is 11.0 Å². The summed E-state index contributed by atoms with van der Waals surface area (Å²) < 4.78 is 79.0. The highest BCUT2D eigenvalue weighted by atomic mass is 32.1. The van der Waals surface area contributed by atoms with Crippen LogP contribution in [0.3, 0.4) is 0 Å². The summed E-state index contributed by atoms with van der Waals surface area (Å²) in [5.41, 5.74) is 4.90. The van der Waals surface area contributed by atoms with Crippen LogP contribution in [0.15, 0.2) is 224 Å². The number of rotatable bonds is 7. The first kappa shape index (κ1) is 26.6. The van der Waals surface area contributed by atoms with Crippen molar-refractivity contribution in [3.63, 3.8) is 0 Å². The number of anilines is 3. The zero-order valence-corrected chi connectivity index (χ0v) is 31.9. The lowest BCUT2D eigenvalue weighted by molar-refractivity contribution is 1.28. The Bertz CT molecular complexity index is 3700. The van der Waals surface area contributed by atoms with Crippen molar-refractivity contribution in [2.45, 2.75) is 0 Å². The van der Waals surface area contributed by atoms with Gasteiger partial charge in [-0.05, 0) is 114 Å². The van der Waals surface area contributed by atoms with Crippen LogP contribution in [0.25, 0.3) is 86.2 Å². The van der Waals surface area contributed by atoms with E-state index in [0.29, 0.717) is 16.8 Å². The minimum atomic E-state index is -0.393. The third-order valence-corrected chi connectivity index (χ3v) is 12.0. The van der Waals surface area contributed by atoms with E-state index in [-0.39, 0.29) is 58.8 Å². The van der Waals surface area contributed by atoms with Crippen molar-refractivity contribution in [3.05, 3.63) is 224 Å². The first-order valence-electron chi connectivity index (χ1n) is 23.2.